The zero-order chi connectivity index (χ0) is 25.5. The van der Waals surface area contributed by atoms with Crippen molar-refractivity contribution in [1.29, 1.82) is 0 Å². The molecule has 2 amide bonds. The lowest BCUT2D eigenvalue weighted by molar-refractivity contribution is -0.113. The standard InChI is InChI=1S/C23H23Cl2N5O4S/c1-4-34-22(33)14-6-5-7-16(10-14)27-19(31)12-35-23-29-28-20(30(23)3)13(2)26-21(32)17-9-8-15(24)11-18(17)25/h5-11,13H,4,12H2,1-3H3,(H,26,32)(H,27,31)/t13-/m0/s1. The van der Waals surface area contributed by atoms with Gasteiger partial charge in [0, 0.05) is 17.8 Å². The number of hydrogen-bond acceptors (Lipinski definition) is 7. The SMILES string of the molecule is CCOC(=O)c1cccc(NC(=O)CSc2nnc([C@H](C)NC(=O)c3ccc(Cl)cc3Cl)n2C)c1. The number of nitrogens with one attached hydrogen (secondary N) is 2. The van der Waals surface area contributed by atoms with Gasteiger partial charge in [-0.3, -0.25) is 9.59 Å². The van der Waals surface area contributed by atoms with Crippen molar-refractivity contribution in [1.82, 2.24) is 20.1 Å². The fourth-order valence-corrected chi connectivity index (χ4v) is 4.32. The number of thioether (sulfide) groups is 1. The zero-order valence-corrected chi connectivity index (χ0v) is 21.5. The maximum atomic E-state index is 12.6. The Labute approximate surface area is 216 Å². The van der Waals surface area contributed by atoms with Crippen molar-refractivity contribution in [2.45, 2.75) is 25.0 Å². The molecule has 0 bridgehead atoms. The number of halogens is 2. The Kier molecular flexibility index (Phi) is 9.13. The number of amides is 2. The molecule has 2 N–H and O–H groups in total. The second kappa shape index (κ2) is 12.1. The Morgan fingerprint density at radius 1 is 1.14 bits per heavy atom. The van der Waals surface area contributed by atoms with Crippen LogP contribution < -0.4 is 10.6 Å². The second-order valence-corrected chi connectivity index (χ2v) is 9.14. The van der Waals surface area contributed by atoms with E-state index in [1.807, 2.05) is 0 Å². The van der Waals surface area contributed by atoms with Crippen LogP contribution in [0.2, 0.25) is 10.0 Å². The van der Waals surface area contributed by atoms with Gasteiger partial charge in [0.2, 0.25) is 5.91 Å². The van der Waals surface area contributed by atoms with Crippen LogP contribution in [0.5, 0.6) is 0 Å². The van der Waals surface area contributed by atoms with Gasteiger partial charge in [-0.25, -0.2) is 4.79 Å². The molecule has 9 nitrogen and oxygen atoms in total. The quantitative estimate of drug-likeness (QED) is 0.305. The summed E-state index contributed by atoms with van der Waals surface area (Å²) in [6.45, 7) is 3.76. The summed E-state index contributed by atoms with van der Waals surface area (Å²) in [7, 11) is 1.75. The van der Waals surface area contributed by atoms with Crippen LogP contribution >= 0.6 is 35.0 Å². The molecule has 2 aromatic carbocycles. The van der Waals surface area contributed by atoms with Crippen LogP contribution in [0, 0.1) is 0 Å². The highest BCUT2D eigenvalue weighted by molar-refractivity contribution is 7.99. The van der Waals surface area contributed by atoms with E-state index in [0.29, 0.717) is 32.8 Å². The highest BCUT2D eigenvalue weighted by Gasteiger charge is 2.20. The van der Waals surface area contributed by atoms with Crippen LogP contribution in [0.3, 0.4) is 0 Å². The smallest absolute Gasteiger partial charge is 0.338 e. The highest BCUT2D eigenvalue weighted by atomic mass is 35.5. The molecule has 184 valence electrons. The first-order valence-corrected chi connectivity index (χ1v) is 12.3. The number of rotatable bonds is 9. The van der Waals surface area contributed by atoms with Crippen molar-refractivity contribution in [2.75, 3.05) is 17.7 Å². The summed E-state index contributed by atoms with van der Waals surface area (Å²) in [5, 5.41) is 15.0. The van der Waals surface area contributed by atoms with Gasteiger partial charge in [0.1, 0.15) is 0 Å². The average molecular weight is 536 g/mol. The van der Waals surface area contributed by atoms with Gasteiger partial charge in [-0.2, -0.15) is 0 Å². The Balaban J connectivity index is 1.58. The van der Waals surface area contributed by atoms with E-state index in [2.05, 4.69) is 20.8 Å². The van der Waals surface area contributed by atoms with Gasteiger partial charge in [-0.15, -0.1) is 10.2 Å². The third kappa shape index (κ3) is 6.97. The summed E-state index contributed by atoms with van der Waals surface area (Å²) in [5.41, 5.74) is 1.13. The maximum Gasteiger partial charge on any atom is 0.338 e. The van der Waals surface area contributed by atoms with Crippen LogP contribution in [0.4, 0.5) is 5.69 Å². The summed E-state index contributed by atoms with van der Waals surface area (Å²) in [4.78, 5) is 36.9. The third-order valence-electron chi connectivity index (χ3n) is 4.77. The van der Waals surface area contributed by atoms with Gasteiger partial charge in [-0.05, 0) is 50.2 Å². The predicted molar refractivity (Wildman–Crippen MR) is 135 cm³/mol. The molecule has 35 heavy (non-hydrogen) atoms. The molecule has 0 aliphatic carbocycles. The summed E-state index contributed by atoms with van der Waals surface area (Å²) in [6.07, 6.45) is 0. The number of hydrogen-bond donors (Lipinski definition) is 2. The molecule has 12 heteroatoms. The number of carbonyl (C=O) groups excluding carboxylic acids is 3. The maximum absolute atomic E-state index is 12.6. The van der Waals surface area contributed by atoms with Gasteiger partial charge < -0.3 is 19.9 Å². The lowest BCUT2D eigenvalue weighted by atomic mass is 10.2. The molecule has 0 spiro atoms. The molecule has 1 heterocycles. The van der Waals surface area contributed by atoms with Crippen molar-refractivity contribution in [3.05, 3.63) is 69.5 Å². The Morgan fingerprint density at radius 2 is 1.91 bits per heavy atom. The Morgan fingerprint density at radius 3 is 2.63 bits per heavy atom. The molecule has 0 aliphatic rings. The molecular formula is C23H23Cl2N5O4S. The normalized spacial score (nSPS) is 11.6. The van der Waals surface area contributed by atoms with E-state index in [0.717, 1.165) is 0 Å². The van der Waals surface area contributed by atoms with E-state index < -0.39 is 12.0 Å². The lowest BCUT2D eigenvalue weighted by Gasteiger charge is -2.14. The Hall–Kier alpha value is -3.08. The van der Waals surface area contributed by atoms with Crippen LogP contribution in [0.1, 0.15) is 46.4 Å². The van der Waals surface area contributed by atoms with Crippen molar-refractivity contribution in [3.63, 3.8) is 0 Å². The minimum absolute atomic E-state index is 0.0662. The number of carbonyl (C=O) groups is 3. The molecule has 1 aromatic heterocycles. The van der Waals surface area contributed by atoms with Crippen LogP contribution in [0.15, 0.2) is 47.6 Å². The molecule has 0 saturated heterocycles. The first-order chi connectivity index (χ1) is 16.7. The lowest BCUT2D eigenvalue weighted by Crippen LogP contribution is -2.28. The topological polar surface area (TPSA) is 115 Å². The van der Waals surface area contributed by atoms with Crippen molar-refractivity contribution in [2.24, 2.45) is 7.05 Å². The van der Waals surface area contributed by atoms with Crippen molar-refractivity contribution in [3.8, 4) is 0 Å². The summed E-state index contributed by atoms with van der Waals surface area (Å²) in [6, 6.07) is 10.7. The summed E-state index contributed by atoms with van der Waals surface area (Å²) >= 11 is 13.2. The minimum atomic E-state index is -0.472. The molecule has 0 unspecified atom stereocenters. The third-order valence-corrected chi connectivity index (χ3v) is 6.34. The molecule has 0 radical (unpaired) electrons. The van der Waals surface area contributed by atoms with Crippen LogP contribution in [0.25, 0.3) is 0 Å². The van der Waals surface area contributed by atoms with Crippen LogP contribution in [-0.2, 0) is 16.6 Å². The molecular weight excluding hydrogens is 513 g/mol. The fourth-order valence-electron chi connectivity index (χ4n) is 3.11. The van der Waals surface area contributed by atoms with E-state index in [9.17, 15) is 14.4 Å². The first kappa shape index (κ1) is 26.5. The number of nitrogens with zero attached hydrogens (tertiary/aromatic N) is 3. The van der Waals surface area contributed by atoms with E-state index in [4.69, 9.17) is 27.9 Å². The van der Waals surface area contributed by atoms with Gasteiger partial charge in [0.25, 0.3) is 5.91 Å². The van der Waals surface area contributed by atoms with E-state index in [-0.39, 0.29) is 29.2 Å². The van der Waals surface area contributed by atoms with Crippen molar-refractivity contribution < 1.29 is 19.1 Å². The number of ether oxygens (including phenoxy) is 1. The molecule has 1 atom stereocenters. The largest absolute Gasteiger partial charge is 0.462 e. The van der Waals surface area contributed by atoms with Gasteiger partial charge in [-0.1, -0.05) is 41.0 Å². The summed E-state index contributed by atoms with van der Waals surface area (Å²) < 4.78 is 6.68. The molecule has 0 aliphatic heterocycles. The monoisotopic (exact) mass is 535 g/mol. The van der Waals surface area contributed by atoms with E-state index in [1.54, 1.807) is 61.9 Å². The Bertz CT molecular complexity index is 1250. The first-order valence-electron chi connectivity index (χ1n) is 10.5. The molecule has 0 saturated carbocycles. The second-order valence-electron chi connectivity index (χ2n) is 7.36. The minimum Gasteiger partial charge on any atom is -0.462 e. The predicted octanol–water partition coefficient (Wildman–Crippen LogP) is 4.52. The zero-order valence-electron chi connectivity index (χ0n) is 19.2. The molecule has 3 rings (SSSR count). The summed E-state index contributed by atoms with van der Waals surface area (Å²) in [5.74, 6) is -0.533. The number of anilines is 1. The number of benzene rings is 2. The van der Waals surface area contributed by atoms with Gasteiger partial charge in [0.15, 0.2) is 11.0 Å². The van der Waals surface area contributed by atoms with E-state index in [1.165, 1.54) is 17.8 Å². The average Bonchev–Trinajstić information content (AvgIpc) is 3.18. The fraction of sp³-hybridized carbons (Fsp3) is 0.261. The van der Waals surface area contributed by atoms with Gasteiger partial charge in [0.05, 0.1) is 34.6 Å². The van der Waals surface area contributed by atoms with E-state index >= 15 is 0 Å². The van der Waals surface area contributed by atoms with Crippen molar-refractivity contribution >= 4 is 58.4 Å². The molecule has 0 fully saturated rings. The van der Waals surface area contributed by atoms with Gasteiger partial charge >= 0.3 is 5.97 Å². The van der Waals surface area contributed by atoms with Crippen LogP contribution in [-0.4, -0.2) is 44.9 Å². The molecule has 3 aromatic rings. The highest BCUT2D eigenvalue weighted by Crippen LogP contribution is 2.23. The number of esters is 1. The number of aromatic nitrogens is 3.